The molecule has 6 rings (SSSR count). The Labute approximate surface area is 235 Å². The van der Waals surface area contributed by atoms with Crippen molar-refractivity contribution in [3.05, 3.63) is 96.2 Å². The van der Waals surface area contributed by atoms with Gasteiger partial charge in [-0.05, 0) is 29.8 Å². The van der Waals surface area contributed by atoms with Crippen molar-refractivity contribution in [3.63, 3.8) is 0 Å². The smallest absolute Gasteiger partial charge is 0.325 e. The molecule has 0 radical (unpaired) electrons. The molecular formula is C31H29N3O5S. The minimum absolute atomic E-state index is 0.0325. The fourth-order valence-electron chi connectivity index (χ4n) is 6.26. The number of para-hydroxylation sites is 2. The lowest BCUT2D eigenvalue weighted by atomic mass is 9.76. The van der Waals surface area contributed by atoms with Crippen LogP contribution in [-0.2, 0) is 20.8 Å². The first kappa shape index (κ1) is 26.2. The summed E-state index contributed by atoms with van der Waals surface area (Å²) in [5.41, 5.74) is 0.601. The summed E-state index contributed by atoms with van der Waals surface area (Å²) in [6.45, 7) is 0.200. The summed E-state index contributed by atoms with van der Waals surface area (Å²) in [4.78, 5) is 46.7. The number of thioether (sulfide) groups is 1. The number of ether oxygens (including phenoxy) is 1. The number of H-pyrrole nitrogens is 1. The maximum Gasteiger partial charge on any atom is 0.325 e. The second kappa shape index (κ2) is 10.5. The number of imide groups is 1. The van der Waals surface area contributed by atoms with Crippen molar-refractivity contribution in [1.82, 2.24) is 15.2 Å². The Balaban J connectivity index is 1.40. The normalized spacial score (nSPS) is 24.0. The van der Waals surface area contributed by atoms with Gasteiger partial charge in [-0.25, -0.2) is 0 Å². The zero-order valence-corrected chi connectivity index (χ0v) is 22.7. The molecule has 2 amide bonds. The van der Waals surface area contributed by atoms with Crippen molar-refractivity contribution in [2.45, 2.75) is 22.9 Å². The van der Waals surface area contributed by atoms with Crippen LogP contribution < -0.4 is 10.1 Å². The number of fused-ring (bicyclic) bond motifs is 2. The van der Waals surface area contributed by atoms with Crippen molar-refractivity contribution in [1.29, 1.82) is 0 Å². The fraction of sp³-hybridized carbons (Fsp3) is 0.258. The van der Waals surface area contributed by atoms with Gasteiger partial charge >= 0.3 is 5.97 Å². The molecule has 2 aliphatic rings. The molecule has 2 saturated heterocycles. The molecule has 0 spiro atoms. The summed E-state index contributed by atoms with van der Waals surface area (Å²) in [6, 6.07) is 23.9. The lowest BCUT2D eigenvalue weighted by Gasteiger charge is -2.31. The Morgan fingerprint density at radius 2 is 1.73 bits per heavy atom. The molecule has 4 atom stereocenters. The summed E-state index contributed by atoms with van der Waals surface area (Å²) in [6.07, 6.45) is 1.82. The van der Waals surface area contributed by atoms with E-state index in [-0.39, 0.29) is 18.9 Å². The van der Waals surface area contributed by atoms with Gasteiger partial charge in [0, 0.05) is 52.3 Å². The monoisotopic (exact) mass is 555 g/mol. The molecule has 9 heteroatoms. The van der Waals surface area contributed by atoms with Crippen LogP contribution in [0, 0.1) is 11.8 Å². The van der Waals surface area contributed by atoms with Gasteiger partial charge in [-0.2, -0.15) is 0 Å². The molecule has 204 valence electrons. The number of likely N-dealkylation sites (tertiary alicyclic amines) is 1. The summed E-state index contributed by atoms with van der Waals surface area (Å²) in [7, 11) is 1.54. The highest BCUT2D eigenvalue weighted by molar-refractivity contribution is 7.99. The first-order chi connectivity index (χ1) is 19.4. The standard InChI is InChI=1S/C31H29N3O5S/c1-39-24-14-8-6-12-22(24)27-25-26(29(36)34(28(25)35)15-16-40-20-9-3-2-4-10-20)31(33-27,30(37)38)17-19-18-32-23-13-7-5-11-21(19)23/h2-14,18,25-27,32-33H,15-17H2,1H3,(H,37,38). The highest BCUT2D eigenvalue weighted by Gasteiger charge is 2.68. The number of carboxylic acids is 1. The van der Waals surface area contributed by atoms with Crippen LogP contribution in [0.2, 0.25) is 0 Å². The van der Waals surface area contributed by atoms with Gasteiger partial charge < -0.3 is 14.8 Å². The summed E-state index contributed by atoms with van der Waals surface area (Å²) < 4.78 is 5.60. The van der Waals surface area contributed by atoms with E-state index in [1.807, 2.05) is 72.8 Å². The Morgan fingerprint density at radius 3 is 2.50 bits per heavy atom. The van der Waals surface area contributed by atoms with E-state index < -0.39 is 35.3 Å². The molecule has 2 aliphatic heterocycles. The van der Waals surface area contributed by atoms with Gasteiger partial charge in [0.1, 0.15) is 11.3 Å². The first-order valence-corrected chi connectivity index (χ1v) is 14.2. The molecule has 0 aliphatic carbocycles. The number of carboxylic acid groups (broad SMARTS) is 1. The quantitative estimate of drug-likeness (QED) is 0.209. The predicted octanol–water partition coefficient (Wildman–Crippen LogP) is 4.28. The summed E-state index contributed by atoms with van der Waals surface area (Å²) in [5.74, 6) is -2.88. The maximum absolute atomic E-state index is 14.0. The molecule has 2 fully saturated rings. The van der Waals surface area contributed by atoms with Gasteiger partial charge in [-0.15, -0.1) is 11.8 Å². The predicted molar refractivity (Wildman–Crippen MR) is 152 cm³/mol. The highest BCUT2D eigenvalue weighted by Crippen LogP contribution is 2.51. The van der Waals surface area contributed by atoms with Crippen LogP contribution in [0.25, 0.3) is 10.9 Å². The largest absolute Gasteiger partial charge is 0.496 e. The Bertz CT molecular complexity index is 1590. The lowest BCUT2D eigenvalue weighted by molar-refractivity contribution is -0.151. The molecule has 4 aromatic rings. The van der Waals surface area contributed by atoms with E-state index in [0.717, 1.165) is 21.4 Å². The van der Waals surface area contributed by atoms with Crippen molar-refractivity contribution in [2.75, 3.05) is 19.4 Å². The van der Waals surface area contributed by atoms with E-state index in [0.29, 0.717) is 17.1 Å². The Hall–Kier alpha value is -4.08. The molecule has 4 unspecified atom stereocenters. The molecule has 3 heterocycles. The Kier molecular flexibility index (Phi) is 6.85. The number of hydrogen-bond acceptors (Lipinski definition) is 6. The molecule has 1 aromatic heterocycles. The van der Waals surface area contributed by atoms with E-state index in [1.165, 1.54) is 12.0 Å². The van der Waals surface area contributed by atoms with Crippen LogP contribution in [0.15, 0.2) is 90.0 Å². The van der Waals surface area contributed by atoms with Gasteiger partial charge in [0.2, 0.25) is 11.8 Å². The van der Waals surface area contributed by atoms with Crippen molar-refractivity contribution >= 4 is 40.4 Å². The third kappa shape index (κ3) is 4.26. The highest BCUT2D eigenvalue weighted by atomic mass is 32.2. The van der Waals surface area contributed by atoms with Gasteiger partial charge in [0.25, 0.3) is 0 Å². The van der Waals surface area contributed by atoms with Gasteiger partial charge in [-0.1, -0.05) is 54.6 Å². The number of nitrogens with one attached hydrogen (secondary N) is 2. The van der Waals surface area contributed by atoms with E-state index in [2.05, 4.69) is 10.3 Å². The second-order valence-corrected chi connectivity index (χ2v) is 11.3. The Morgan fingerprint density at radius 1 is 1.00 bits per heavy atom. The fourth-order valence-corrected chi connectivity index (χ4v) is 7.12. The number of aromatic amines is 1. The van der Waals surface area contributed by atoms with Crippen molar-refractivity contribution in [2.24, 2.45) is 11.8 Å². The molecule has 0 bridgehead atoms. The van der Waals surface area contributed by atoms with Crippen LogP contribution in [-0.4, -0.2) is 57.7 Å². The van der Waals surface area contributed by atoms with Crippen LogP contribution in [0.1, 0.15) is 17.2 Å². The van der Waals surface area contributed by atoms with Crippen molar-refractivity contribution < 1.29 is 24.2 Å². The molecule has 3 N–H and O–H groups in total. The molecular weight excluding hydrogens is 526 g/mol. The summed E-state index contributed by atoms with van der Waals surface area (Å²) in [5, 5.41) is 15.0. The van der Waals surface area contributed by atoms with Crippen LogP contribution in [0.5, 0.6) is 5.75 Å². The van der Waals surface area contributed by atoms with Gasteiger partial charge in [-0.3, -0.25) is 24.6 Å². The summed E-state index contributed by atoms with van der Waals surface area (Å²) >= 11 is 1.55. The van der Waals surface area contributed by atoms with Crippen LogP contribution >= 0.6 is 11.8 Å². The minimum atomic E-state index is -1.70. The van der Waals surface area contributed by atoms with Crippen LogP contribution in [0.4, 0.5) is 0 Å². The number of methoxy groups -OCH3 is 1. The second-order valence-electron chi connectivity index (χ2n) is 10.2. The topological polar surface area (TPSA) is 112 Å². The number of carbonyl (C=O) groups excluding carboxylic acids is 2. The minimum Gasteiger partial charge on any atom is -0.496 e. The average molecular weight is 556 g/mol. The van der Waals surface area contributed by atoms with Crippen LogP contribution in [0.3, 0.4) is 0 Å². The van der Waals surface area contributed by atoms with E-state index >= 15 is 0 Å². The number of rotatable bonds is 9. The molecule has 3 aromatic carbocycles. The lowest BCUT2D eigenvalue weighted by Crippen LogP contribution is -2.57. The maximum atomic E-state index is 14.0. The van der Waals surface area contributed by atoms with E-state index in [9.17, 15) is 19.5 Å². The number of hydrogen-bond donors (Lipinski definition) is 3. The van der Waals surface area contributed by atoms with Gasteiger partial charge in [0.15, 0.2) is 0 Å². The zero-order chi connectivity index (χ0) is 27.9. The SMILES string of the molecule is COc1ccccc1C1NC(Cc2c[nH]c3ccccc23)(C(=O)O)C2C(=O)N(CCSc3ccccc3)C(=O)C12. The third-order valence-electron chi connectivity index (χ3n) is 8.07. The molecule has 0 saturated carbocycles. The van der Waals surface area contributed by atoms with E-state index in [1.54, 1.807) is 24.0 Å². The third-order valence-corrected chi connectivity index (χ3v) is 9.06. The number of aromatic nitrogens is 1. The number of nitrogens with zero attached hydrogens (tertiary/aromatic N) is 1. The molecule has 40 heavy (non-hydrogen) atoms. The zero-order valence-electron chi connectivity index (χ0n) is 21.9. The number of benzene rings is 3. The van der Waals surface area contributed by atoms with Gasteiger partial charge in [0.05, 0.1) is 18.9 Å². The average Bonchev–Trinajstić information content (AvgIpc) is 3.62. The molecule has 8 nitrogen and oxygen atoms in total. The number of aliphatic carboxylic acids is 1. The van der Waals surface area contributed by atoms with Crippen molar-refractivity contribution in [3.8, 4) is 5.75 Å². The first-order valence-electron chi connectivity index (χ1n) is 13.2. The number of amides is 2. The number of carbonyl (C=O) groups is 3. The van der Waals surface area contributed by atoms with E-state index in [4.69, 9.17) is 4.74 Å².